The number of halogens is 1. The smallest absolute Gasteiger partial charge is 0.145 e. The van der Waals surface area contributed by atoms with Crippen molar-refractivity contribution in [3.05, 3.63) is 23.2 Å². The first kappa shape index (κ1) is 21.2. The van der Waals surface area contributed by atoms with Crippen LogP contribution in [-0.2, 0) is 4.74 Å². The van der Waals surface area contributed by atoms with Crippen LogP contribution in [0.5, 0.6) is 0 Å². The lowest BCUT2D eigenvalue weighted by Gasteiger charge is -2.51. The molecule has 3 N–H and O–H groups in total. The Morgan fingerprint density at radius 1 is 1.26 bits per heavy atom. The summed E-state index contributed by atoms with van der Waals surface area (Å²) < 4.78 is 6.06. The van der Waals surface area contributed by atoms with Crippen molar-refractivity contribution < 1.29 is 20.1 Å². The fourth-order valence-electron chi connectivity index (χ4n) is 4.00. The molecule has 0 spiro atoms. The molecule has 27 heavy (non-hydrogen) atoms. The van der Waals surface area contributed by atoms with Gasteiger partial charge in [-0.05, 0) is 38.2 Å². The van der Waals surface area contributed by atoms with E-state index in [0.29, 0.717) is 11.6 Å². The van der Waals surface area contributed by atoms with Crippen molar-refractivity contribution in [2.45, 2.75) is 61.5 Å². The summed E-state index contributed by atoms with van der Waals surface area (Å²) in [6, 6.07) is 5.97. The molecule has 2 aliphatic heterocycles. The van der Waals surface area contributed by atoms with Gasteiger partial charge in [0.15, 0.2) is 0 Å². The van der Waals surface area contributed by atoms with Gasteiger partial charge in [-0.3, -0.25) is 4.90 Å². The maximum atomic E-state index is 10.7. The van der Waals surface area contributed by atoms with Gasteiger partial charge in [0.1, 0.15) is 18.4 Å². The van der Waals surface area contributed by atoms with Crippen LogP contribution >= 0.6 is 23.4 Å². The minimum atomic E-state index is -1.11. The SMILES string of the molecule is CCN(CC)C(C)CN1c2cc(Cl)ccc2S[C@H]2[C@@H](O)[C@H](O)[C@@H](CO)O[C@H]21. The number of aliphatic hydroxyl groups is 3. The Balaban J connectivity index is 1.97. The van der Waals surface area contributed by atoms with Crippen LogP contribution in [0.25, 0.3) is 0 Å². The van der Waals surface area contributed by atoms with Crippen molar-refractivity contribution in [3.8, 4) is 0 Å². The predicted molar refractivity (Wildman–Crippen MR) is 109 cm³/mol. The van der Waals surface area contributed by atoms with Gasteiger partial charge in [0.05, 0.1) is 23.6 Å². The van der Waals surface area contributed by atoms with E-state index in [1.54, 1.807) is 0 Å². The Kier molecular flexibility index (Phi) is 6.95. The van der Waals surface area contributed by atoms with Crippen LogP contribution in [0, 0.1) is 0 Å². The van der Waals surface area contributed by atoms with Crippen LogP contribution in [0.15, 0.2) is 23.1 Å². The number of hydrogen-bond acceptors (Lipinski definition) is 7. The van der Waals surface area contributed by atoms with E-state index in [2.05, 4.69) is 30.6 Å². The largest absolute Gasteiger partial charge is 0.394 e. The monoisotopic (exact) mass is 416 g/mol. The summed E-state index contributed by atoms with van der Waals surface area (Å²) in [5.41, 5.74) is 0.966. The van der Waals surface area contributed by atoms with Crippen molar-refractivity contribution in [1.82, 2.24) is 4.90 Å². The summed E-state index contributed by atoms with van der Waals surface area (Å²) in [5.74, 6) is 0. The number of ether oxygens (including phenoxy) is 1. The number of nitrogens with zero attached hydrogens (tertiary/aromatic N) is 2. The summed E-state index contributed by atoms with van der Waals surface area (Å²) in [6.45, 7) is 8.69. The highest BCUT2D eigenvalue weighted by atomic mass is 35.5. The standard InChI is InChI=1S/C19H29ClN2O4S/c1-4-21(5-2)11(3)9-22-13-8-12(20)6-7-15(13)27-18-17(25)16(24)14(10-23)26-19(18)22/h6-8,11,14,16-19,23-25H,4-5,9-10H2,1-3H3/t11?,14-,16-,17+,18+,19-/m1/s1. The van der Waals surface area contributed by atoms with E-state index in [0.717, 1.165) is 23.7 Å². The Bertz CT molecular complexity index is 648. The highest BCUT2D eigenvalue weighted by Gasteiger charge is 2.49. The third-order valence-corrected chi connectivity index (χ3v) is 7.16. The average molecular weight is 417 g/mol. The van der Waals surface area contributed by atoms with Crippen LogP contribution in [0.2, 0.25) is 5.02 Å². The Hall–Kier alpha value is -0.540. The quantitative estimate of drug-likeness (QED) is 0.652. The number of fused-ring (bicyclic) bond motifs is 2. The number of likely N-dealkylation sites (N-methyl/N-ethyl adjacent to an activating group) is 1. The van der Waals surface area contributed by atoms with Crippen molar-refractivity contribution in [1.29, 1.82) is 0 Å². The molecule has 1 fully saturated rings. The zero-order chi connectivity index (χ0) is 19.7. The van der Waals surface area contributed by atoms with Gasteiger partial charge >= 0.3 is 0 Å². The molecule has 0 bridgehead atoms. The Morgan fingerprint density at radius 3 is 2.59 bits per heavy atom. The molecule has 8 heteroatoms. The summed E-state index contributed by atoms with van der Waals surface area (Å²) in [7, 11) is 0. The van der Waals surface area contributed by atoms with E-state index in [9.17, 15) is 15.3 Å². The van der Waals surface area contributed by atoms with Crippen LogP contribution in [0.1, 0.15) is 20.8 Å². The van der Waals surface area contributed by atoms with E-state index in [4.69, 9.17) is 16.3 Å². The molecule has 3 rings (SSSR count). The second-order valence-electron chi connectivity index (χ2n) is 7.15. The molecule has 6 nitrogen and oxygen atoms in total. The molecule has 0 radical (unpaired) electrons. The first-order valence-corrected chi connectivity index (χ1v) is 10.8. The summed E-state index contributed by atoms with van der Waals surface area (Å²) >= 11 is 7.76. The Labute approximate surface area is 170 Å². The lowest BCUT2D eigenvalue weighted by molar-refractivity contribution is -0.176. The van der Waals surface area contributed by atoms with Gasteiger partial charge in [-0.1, -0.05) is 25.4 Å². The number of thioether (sulfide) groups is 1. The normalized spacial score (nSPS) is 31.6. The molecule has 0 aliphatic carbocycles. The predicted octanol–water partition coefficient (Wildman–Crippen LogP) is 1.79. The number of benzene rings is 1. The summed E-state index contributed by atoms with van der Waals surface area (Å²) in [4.78, 5) is 5.49. The van der Waals surface area contributed by atoms with E-state index < -0.39 is 24.5 Å². The lowest BCUT2D eigenvalue weighted by Crippen LogP contribution is -2.64. The third kappa shape index (κ3) is 4.10. The molecule has 152 valence electrons. The van der Waals surface area contributed by atoms with Gasteiger partial charge in [0.2, 0.25) is 0 Å². The Morgan fingerprint density at radius 2 is 1.96 bits per heavy atom. The van der Waals surface area contributed by atoms with Gasteiger partial charge in [0.25, 0.3) is 0 Å². The first-order chi connectivity index (χ1) is 12.9. The van der Waals surface area contributed by atoms with Gasteiger partial charge in [-0.2, -0.15) is 0 Å². The fourth-order valence-corrected chi connectivity index (χ4v) is 5.53. The second kappa shape index (κ2) is 8.86. The zero-order valence-corrected chi connectivity index (χ0v) is 17.5. The van der Waals surface area contributed by atoms with Crippen molar-refractivity contribution >= 4 is 29.1 Å². The van der Waals surface area contributed by atoms with Gasteiger partial charge < -0.3 is 25.0 Å². The highest BCUT2D eigenvalue weighted by molar-refractivity contribution is 8.00. The van der Waals surface area contributed by atoms with Crippen molar-refractivity contribution in [2.24, 2.45) is 0 Å². The molecule has 0 saturated carbocycles. The molecule has 2 heterocycles. The maximum absolute atomic E-state index is 10.7. The molecular formula is C19H29ClN2O4S. The molecule has 0 aromatic heterocycles. The third-order valence-electron chi connectivity index (χ3n) is 5.54. The molecule has 1 aromatic rings. The lowest BCUT2D eigenvalue weighted by atomic mass is 9.99. The van der Waals surface area contributed by atoms with E-state index in [1.807, 2.05) is 18.2 Å². The van der Waals surface area contributed by atoms with E-state index in [1.165, 1.54) is 11.8 Å². The summed E-state index contributed by atoms with van der Waals surface area (Å²) in [5, 5.41) is 30.9. The number of anilines is 1. The number of hydrogen-bond donors (Lipinski definition) is 3. The van der Waals surface area contributed by atoms with Crippen LogP contribution in [-0.4, -0.2) is 82.3 Å². The topological polar surface area (TPSA) is 76.4 Å². The minimum Gasteiger partial charge on any atom is -0.394 e. The molecule has 1 aromatic carbocycles. The molecule has 1 saturated heterocycles. The number of aliphatic hydroxyl groups excluding tert-OH is 3. The van der Waals surface area contributed by atoms with Crippen molar-refractivity contribution in [3.63, 3.8) is 0 Å². The molecule has 0 amide bonds. The number of rotatable bonds is 6. The molecule has 2 aliphatic rings. The molecule has 1 unspecified atom stereocenters. The van der Waals surface area contributed by atoms with Gasteiger partial charge in [-0.25, -0.2) is 0 Å². The van der Waals surface area contributed by atoms with Gasteiger partial charge in [0, 0.05) is 22.5 Å². The van der Waals surface area contributed by atoms with Crippen LogP contribution in [0.4, 0.5) is 5.69 Å². The molecular weight excluding hydrogens is 388 g/mol. The molecule has 6 atom stereocenters. The minimum absolute atomic E-state index is 0.260. The van der Waals surface area contributed by atoms with Crippen LogP contribution in [0.3, 0.4) is 0 Å². The summed E-state index contributed by atoms with van der Waals surface area (Å²) in [6.07, 6.45) is -3.36. The second-order valence-corrected chi connectivity index (χ2v) is 8.80. The van der Waals surface area contributed by atoms with E-state index >= 15 is 0 Å². The zero-order valence-electron chi connectivity index (χ0n) is 16.0. The first-order valence-electron chi connectivity index (χ1n) is 9.50. The van der Waals surface area contributed by atoms with Crippen molar-refractivity contribution in [2.75, 3.05) is 31.1 Å². The van der Waals surface area contributed by atoms with Crippen LogP contribution < -0.4 is 4.90 Å². The fraction of sp³-hybridized carbons (Fsp3) is 0.684. The highest BCUT2D eigenvalue weighted by Crippen LogP contribution is 2.47. The average Bonchev–Trinajstić information content (AvgIpc) is 2.66. The maximum Gasteiger partial charge on any atom is 0.145 e. The van der Waals surface area contributed by atoms with E-state index in [-0.39, 0.29) is 17.9 Å². The van der Waals surface area contributed by atoms with Gasteiger partial charge in [-0.15, -0.1) is 11.8 Å².